The highest BCUT2D eigenvalue weighted by Gasteiger charge is 2.51. The summed E-state index contributed by atoms with van der Waals surface area (Å²) < 4.78 is 28.0. The summed E-state index contributed by atoms with van der Waals surface area (Å²) in [4.78, 5) is 19.7. The second kappa shape index (κ2) is 8.51. The van der Waals surface area contributed by atoms with Gasteiger partial charge in [0.25, 0.3) is 5.91 Å². The molecular formula is C28H27N3O4S. The number of nitrogens with one attached hydrogen (secondary N) is 1. The maximum Gasteiger partial charge on any atom is 0.268 e. The molecule has 2 N–H and O–H groups in total. The second-order valence-corrected chi connectivity index (χ2v) is 11.7. The molecule has 36 heavy (non-hydrogen) atoms. The Hall–Kier alpha value is -3.59. The van der Waals surface area contributed by atoms with Gasteiger partial charge in [-0.3, -0.25) is 9.78 Å². The number of amides is 1. The Morgan fingerprint density at radius 2 is 1.69 bits per heavy atom. The van der Waals surface area contributed by atoms with Gasteiger partial charge in [0.05, 0.1) is 22.6 Å². The van der Waals surface area contributed by atoms with Crippen molar-refractivity contribution in [2.24, 2.45) is 0 Å². The largest absolute Gasteiger partial charge is 0.372 e. The molecule has 1 aliphatic rings. The van der Waals surface area contributed by atoms with Crippen LogP contribution in [0.25, 0.3) is 10.9 Å². The van der Waals surface area contributed by atoms with Crippen molar-refractivity contribution in [3.63, 3.8) is 0 Å². The second-order valence-electron chi connectivity index (χ2n) is 10.0. The zero-order chi connectivity index (χ0) is 25.7. The molecule has 0 aliphatic carbocycles. The van der Waals surface area contributed by atoms with Gasteiger partial charge in [-0.15, -0.1) is 0 Å². The van der Waals surface area contributed by atoms with Crippen molar-refractivity contribution in [2.75, 3.05) is 4.90 Å². The van der Waals surface area contributed by atoms with Gasteiger partial charge in [-0.2, -0.15) is 0 Å². The van der Waals surface area contributed by atoms with E-state index in [9.17, 15) is 18.3 Å². The van der Waals surface area contributed by atoms with Crippen LogP contribution in [-0.2, 0) is 27.0 Å². The van der Waals surface area contributed by atoms with E-state index in [0.29, 0.717) is 16.8 Å². The SMILES string of the molecule is CC(C)(C)NS(=O)(=O)c1ccc(C2(O)C(=O)N(Cc3ccc4ncccc4c3)c3ccccc32)cc1. The fraction of sp³-hybridized carbons (Fsp3) is 0.214. The van der Waals surface area contributed by atoms with E-state index in [1.54, 1.807) is 50.1 Å². The molecule has 5 rings (SSSR count). The molecule has 0 radical (unpaired) electrons. The van der Waals surface area contributed by atoms with Crippen LogP contribution in [0.5, 0.6) is 0 Å². The number of hydrogen-bond donors (Lipinski definition) is 2. The molecule has 0 saturated heterocycles. The van der Waals surface area contributed by atoms with Crippen LogP contribution in [0.1, 0.15) is 37.5 Å². The fourth-order valence-corrected chi connectivity index (χ4v) is 6.03. The third kappa shape index (κ3) is 4.17. The van der Waals surface area contributed by atoms with Gasteiger partial charge in [0.15, 0.2) is 5.60 Å². The van der Waals surface area contributed by atoms with Gasteiger partial charge in [0.2, 0.25) is 10.0 Å². The van der Waals surface area contributed by atoms with E-state index in [1.807, 2.05) is 36.4 Å². The van der Waals surface area contributed by atoms with Gasteiger partial charge < -0.3 is 10.0 Å². The molecule has 184 valence electrons. The standard InChI is InChI=1S/C28H27N3O4S/c1-27(2,3)30-36(34,35)22-13-11-21(12-14-22)28(33)23-8-4-5-9-25(23)31(26(28)32)18-19-10-15-24-20(17-19)7-6-16-29-24/h4-17,30,33H,18H2,1-3H3. The summed E-state index contributed by atoms with van der Waals surface area (Å²) in [6, 6.07) is 22.6. The van der Waals surface area contributed by atoms with Crippen molar-refractivity contribution >= 4 is 32.5 Å². The third-order valence-electron chi connectivity index (χ3n) is 6.17. The lowest BCUT2D eigenvalue weighted by Gasteiger charge is -2.24. The zero-order valence-electron chi connectivity index (χ0n) is 20.3. The van der Waals surface area contributed by atoms with Crippen LogP contribution in [0.15, 0.2) is 90.0 Å². The molecule has 1 unspecified atom stereocenters. The van der Waals surface area contributed by atoms with Crippen molar-refractivity contribution in [3.8, 4) is 0 Å². The van der Waals surface area contributed by atoms with Crippen molar-refractivity contribution in [3.05, 3.63) is 102 Å². The molecule has 8 heteroatoms. The summed E-state index contributed by atoms with van der Waals surface area (Å²) in [5.74, 6) is -0.488. The summed E-state index contributed by atoms with van der Waals surface area (Å²) in [6.07, 6.45) is 1.73. The predicted octanol–water partition coefficient (Wildman–Crippen LogP) is 4.09. The molecule has 1 aliphatic heterocycles. The summed E-state index contributed by atoms with van der Waals surface area (Å²) in [5, 5.41) is 12.8. The van der Waals surface area contributed by atoms with Crippen LogP contribution in [0.3, 0.4) is 0 Å². The molecule has 0 saturated carbocycles. The first kappa shape index (κ1) is 24.1. The zero-order valence-corrected chi connectivity index (χ0v) is 21.1. The number of hydrogen-bond acceptors (Lipinski definition) is 5. The van der Waals surface area contributed by atoms with E-state index in [-0.39, 0.29) is 11.4 Å². The van der Waals surface area contributed by atoms with Gasteiger partial charge in [-0.25, -0.2) is 13.1 Å². The van der Waals surface area contributed by atoms with E-state index >= 15 is 0 Å². The summed E-state index contributed by atoms with van der Waals surface area (Å²) in [7, 11) is -3.75. The first-order valence-electron chi connectivity index (χ1n) is 11.6. The molecule has 4 aromatic rings. The smallest absolute Gasteiger partial charge is 0.268 e. The molecule has 3 aromatic carbocycles. The van der Waals surface area contributed by atoms with Gasteiger partial charge >= 0.3 is 0 Å². The van der Waals surface area contributed by atoms with E-state index in [0.717, 1.165) is 16.5 Å². The summed E-state index contributed by atoms with van der Waals surface area (Å²) >= 11 is 0. The number of carbonyl (C=O) groups excluding carboxylic acids is 1. The minimum Gasteiger partial charge on any atom is -0.372 e. The average molecular weight is 502 g/mol. The first-order chi connectivity index (χ1) is 17.0. The fourth-order valence-electron chi connectivity index (χ4n) is 4.61. The summed E-state index contributed by atoms with van der Waals surface area (Å²) in [5.41, 5.74) is 0.562. The Balaban J connectivity index is 1.51. The number of aromatic nitrogens is 1. The number of fused-ring (bicyclic) bond motifs is 2. The number of benzene rings is 3. The van der Waals surface area contributed by atoms with Gasteiger partial charge in [-0.05, 0) is 68.3 Å². The van der Waals surface area contributed by atoms with Crippen LogP contribution < -0.4 is 9.62 Å². The molecule has 0 bridgehead atoms. The molecule has 7 nitrogen and oxygen atoms in total. The number of sulfonamides is 1. The minimum atomic E-state index is -3.75. The number of rotatable bonds is 5. The lowest BCUT2D eigenvalue weighted by molar-refractivity contribution is -0.132. The third-order valence-corrected chi connectivity index (χ3v) is 7.94. The van der Waals surface area contributed by atoms with E-state index in [4.69, 9.17) is 0 Å². The van der Waals surface area contributed by atoms with Gasteiger partial charge in [-0.1, -0.05) is 42.5 Å². The predicted molar refractivity (Wildman–Crippen MR) is 139 cm³/mol. The highest BCUT2D eigenvalue weighted by atomic mass is 32.2. The van der Waals surface area contributed by atoms with Crippen molar-refractivity contribution in [1.29, 1.82) is 0 Å². The van der Waals surface area contributed by atoms with Crippen molar-refractivity contribution in [2.45, 2.75) is 43.4 Å². The Bertz CT molecular complexity index is 1580. The summed E-state index contributed by atoms with van der Waals surface area (Å²) in [6.45, 7) is 5.55. The molecule has 1 amide bonds. The first-order valence-corrected chi connectivity index (χ1v) is 13.1. The van der Waals surface area contributed by atoms with Gasteiger partial charge in [0.1, 0.15) is 0 Å². The number of carbonyl (C=O) groups is 1. The minimum absolute atomic E-state index is 0.0603. The van der Waals surface area contributed by atoms with Crippen LogP contribution >= 0.6 is 0 Å². The Labute approximate surface area is 210 Å². The molecule has 2 heterocycles. The van der Waals surface area contributed by atoms with E-state index in [1.165, 1.54) is 24.3 Å². The monoisotopic (exact) mass is 501 g/mol. The maximum atomic E-state index is 13.8. The molecule has 0 fully saturated rings. The quantitative estimate of drug-likeness (QED) is 0.429. The van der Waals surface area contributed by atoms with Crippen LogP contribution in [-0.4, -0.2) is 30.0 Å². The maximum absolute atomic E-state index is 13.8. The Morgan fingerprint density at radius 3 is 2.42 bits per heavy atom. The van der Waals surface area contributed by atoms with Crippen LogP contribution in [0, 0.1) is 0 Å². The van der Waals surface area contributed by atoms with Crippen LogP contribution in [0.2, 0.25) is 0 Å². The number of aliphatic hydroxyl groups is 1. The topological polar surface area (TPSA) is 99.6 Å². The lowest BCUT2D eigenvalue weighted by Crippen LogP contribution is -2.41. The molecule has 0 spiro atoms. The normalized spacial score (nSPS) is 18.0. The highest BCUT2D eigenvalue weighted by Crippen LogP contribution is 2.45. The van der Waals surface area contributed by atoms with E-state index in [2.05, 4.69) is 9.71 Å². The number of nitrogens with zero attached hydrogens (tertiary/aromatic N) is 2. The van der Waals surface area contributed by atoms with Crippen LogP contribution in [0.4, 0.5) is 5.69 Å². The Kier molecular flexibility index (Phi) is 5.70. The van der Waals surface area contributed by atoms with Crippen molar-refractivity contribution < 1.29 is 18.3 Å². The van der Waals surface area contributed by atoms with E-state index < -0.39 is 27.1 Å². The average Bonchev–Trinajstić information content (AvgIpc) is 3.05. The number of para-hydroxylation sites is 1. The van der Waals surface area contributed by atoms with Gasteiger partial charge in [0, 0.05) is 22.7 Å². The molecule has 1 atom stereocenters. The number of anilines is 1. The Morgan fingerprint density at radius 1 is 0.972 bits per heavy atom. The molecular weight excluding hydrogens is 474 g/mol. The number of pyridine rings is 1. The highest BCUT2D eigenvalue weighted by molar-refractivity contribution is 7.89. The van der Waals surface area contributed by atoms with Crippen molar-refractivity contribution in [1.82, 2.24) is 9.71 Å². The molecule has 1 aromatic heterocycles. The lowest BCUT2D eigenvalue weighted by atomic mass is 9.87.